The van der Waals surface area contributed by atoms with Crippen LogP contribution in [-0.2, 0) is 6.42 Å². The normalized spacial score (nSPS) is 22.0. The molecule has 2 aliphatic rings. The first-order chi connectivity index (χ1) is 12.2. The first-order valence-electron chi connectivity index (χ1n) is 8.67. The van der Waals surface area contributed by atoms with Crippen LogP contribution in [0.2, 0.25) is 0 Å². The quantitative estimate of drug-likeness (QED) is 0.865. The first-order valence-corrected chi connectivity index (χ1v) is 8.67. The van der Waals surface area contributed by atoms with E-state index in [1.807, 2.05) is 12.1 Å². The third kappa shape index (κ3) is 2.55. The summed E-state index contributed by atoms with van der Waals surface area (Å²) in [5, 5.41) is 18.2. The summed E-state index contributed by atoms with van der Waals surface area (Å²) >= 11 is 0. The van der Waals surface area contributed by atoms with E-state index >= 15 is 0 Å². The van der Waals surface area contributed by atoms with Gasteiger partial charge in [0.25, 0.3) is 0 Å². The van der Waals surface area contributed by atoms with E-state index in [0.29, 0.717) is 23.6 Å². The second-order valence-corrected chi connectivity index (χ2v) is 6.77. The number of ether oxygens (including phenoxy) is 1. The zero-order valence-corrected chi connectivity index (χ0v) is 14.3. The van der Waals surface area contributed by atoms with Crippen molar-refractivity contribution in [2.45, 2.75) is 25.2 Å². The van der Waals surface area contributed by atoms with Gasteiger partial charge >= 0.3 is 0 Å². The molecule has 2 atom stereocenters. The van der Waals surface area contributed by atoms with Gasteiger partial charge in [-0.1, -0.05) is 36.4 Å². The molecule has 1 N–H and O–H groups in total. The Labute approximate surface area is 148 Å². The van der Waals surface area contributed by atoms with E-state index in [1.165, 1.54) is 11.1 Å². The van der Waals surface area contributed by atoms with E-state index in [2.05, 4.69) is 42.5 Å². The predicted molar refractivity (Wildman–Crippen MR) is 98.9 cm³/mol. The highest BCUT2D eigenvalue weighted by molar-refractivity contribution is 6.10. The van der Waals surface area contributed by atoms with Gasteiger partial charge in [-0.15, -0.1) is 0 Å². The molecule has 2 aliphatic carbocycles. The summed E-state index contributed by atoms with van der Waals surface area (Å²) in [6.07, 6.45) is 2.64. The standard InChI is InChI=1S/C22H20N2O/c1-25-16-8-10-17-15(11-16)7-9-18-19(14-5-3-2-4-6-14)12-21(24)20(13-23)22(17)18/h2-6,8,10-11,18-19,24H,7,9,12H2,1H3. The van der Waals surface area contributed by atoms with Crippen LogP contribution >= 0.6 is 0 Å². The van der Waals surface area contributed by atoms with Gasteiger partial charge in [0.15, 0.2) is 0 Å². The topological polar surface area (TPSA) is 56.9 Å². The predicted octanol–water partition coefficient (Wildman–Crippen LogP) is 4.74. The molecule has 25 heavy (non-hydrogen) atoms. The largest absolute Gasteiger partial charge is 0.497 e. The zero-order chi connectivity index (χ0) is 17.4. The van der Waals surface area contributed by atoms with Crippen molar-refractivity contribution in [1.29, 1.82) is 10.7 Å². The Kier molecular flexibility index (Phi) is 3.89. The van der Waals surface area contributed by atoms with Crippen molar-refractivity contribution in [3.05, 3.63) is 70.8 Å². The maximum atomic E-state index is 9.71. The van der Waals surface area contributed by atoms with E-state index in [1.54, 1.807) is 7.11 Å². The zero-order valence-electron chi connectivity index (χ0n) is 14.3. The van der Waals surface area contributed by atoms with Gasteiger partial charge < -0.3 is 10.1 Å². The van der Waals surface area contributed by atoms with Gasteiger partial charge in [0.05, 0.1) is 18.4 Å². The van der Waals surface area contributed by atoms with Crippen molar-refractivity contribution >= 4 is 11.3 Å². The van der Waals surface area contributed by atoms with Crippen LogP contribution in [0.3, 0.4) is 0 Å². The van der Waals surface area contributed by atoms with Crippen molar-refractivity contribution in [1.82, 2.24) is 0 Å². The Hall–Kier alpha value is -2.86. The van der Waals surface area contributed by atoms with Crippen molar-refractivity contribution in [2.24, 2.45) is 5.92 Å². The maximum absolute atomic E-state index is 9.71. The molecule has 2 unspecified atom stereocenters. The second-order valence-electron chi connectivity index (χ2n) is 6.77. The SMILES string of the molecule is COc1ccc2c(c1)CCC1C2=C(C#N)C(=N)CC1c1ccccc1. The minimum Gasteiger partial charge on any atom is -0.497 e. The highest BCUT2D eigenvalue weighted by Crippen LogP contribution is 2.50. The first kappa shape index (κ1) is 15.7. The lowest BCUT2D eigenvalue weighted by Gasteiger charge is -2.38. The maximum Gasteiger partial charge on any atom is 0.119 e. The molecule has 0 aromatic heterocycles. The Morgan fingerprint density at radius 2 is 1.92 bits per heavy atom. The fourth-order valence-electron chi connectivity index (χ4n) is 4.35. The molecular formula is C22H20N2O. The van der Waals surface area contributed by atoms with Crippen LogP contribution in [0.4, 0.5) is 0 Å². The molecule has 0 saturated carbocycles. The second kappa shape index (κ2) is 6.22. The van der Waals surface area contributed by atoms with Crippen molar-refractivity contribution < 1.29 is 4.74 Å². The molecule has 2 aromatic carbocycles. The number of rotatable bonds is 2. The molecule has 0 heterocycles. The van der Waals surface area contributed by atoms with Gasteiger partial charge in [-0.25, -0.2) is 0 Å². The molecule has 2 aromatic rings. The Bertz CT molecular complexity index is 905. The highest BCUT2D eigenvalue weighted by atomic mass is 16.5. The van der Waals surface area contributed by atoms with Gasteiger partial charge in [0.2, 0.25) is 0 Å². The van der Waals surface area contributed by atoms with Crippen LogP contribution < -0.4 is 4.74 Å². The molecule has 0 amide bonds. The minimum atomic E-state index is 0.274. The van der Waals surface area contributed by atoms with Gasteiger partial charge in [-0.2, -0.15) is 5.26 Å². The number of aryl methyl sites for hydroxylation is 1. The van der Waals surface area contributed by atoms with E-state index in [9.17, 15) is 5.26 Å². The molecule has 3 heteroatoms. The average molecular weight is 328 g/mol. The average Bonchev–Trinajstić information content (AvgIpc) is 2.67. The third-order valence-electron chi connectivity index (χ3n) is 5.52. The monoisotopic (exact) mass is 328 g/mol. The number of allylic oxidation sites excluding steroid dienone is 2. The van der Waals surface area contributed by atoms with Crippen LogP contribution in [0.5, 0.6) is 5.75 Å². The summed E-state index contributed by atoms with van der Waals surface area (Å²) < 4.78 is 5.36. The summed E-state index contributed by atoms with van der Waals surface area (Å²) in [4.78, 5) is 0. The summed E-state index contributed by atoms with van der Waals surface area (Å²) in [7, 11) is 1.68. The molecule has 0 saturated heterocycles. The van der Waals surface area contributed by atoms with E-state index in [-0.39, 0.29) is 5.92 Å². The molecule has 3 nitrogen and oxygen atoms in total. The molecular weight excluding hydrogens is 308 g/mol. The fraction of sp³-hybridized carbons (Fsp3) is 0.273. The van der Waals surface area contributed by atoms with Gasteiger partial charge in [-0.3, -0.25) is 0 Å². The van der Waals surface area contributed by atoms with Crippen molar-refractivity contribution in [3.8, 4) is 11.8 Å². The summed E-state index contributed by atoms with van der Waals surface area (Å²) in [6, 6.07) is 18.9. The van der Waals surface area contributed by atoms with Crippen LogP contribution in [-0.4, -0.2) is 12.8 Å². The number of benzene rings is 2. The number of methoxy groups -OCH3 is 1. The Balaban J connectivity index is 1.88. The molecule has 0 aliphatic heterocycles. The molecule has 0 spiro atoms. The number of nitrogens with zero attached hydrogens (tertiary/aromatic N) is 1. The van der Waals surface area contributed by atoms with Gasteiger partial charge in [0, 0.05) is 0 Å². The molecule has 0 fully saturated rings. The van der Waals surface area contributed by atoms with Crippen LogP contribution in [0, 0.1) is 22.7 Å². The van der Waals surface area contributed by atoms with Crippen LogP contribution in [0.1, 0.15) is 35.4 Å². The lowest BCUT2D eigenvalue weighted by Crippen LogP contribution is -2.29. The van der Waals surface area contributed by atoms with E-state index < -0.39 is 0 Å². The lowest BCUT2D eigenvalue weighted by molar-refractivity contribution is 0.413. The molecule has 0 radical (unpaired) electrons. The van der Waals surface area contributed by atoms with Crippen molar-refractivity contribution in [3.63, 3.8) is 0 Å². The van der Waals surface area contributed by atoms with Crippen molar-refractivity contribution in [2.75, 3.05) is 7.11 Å². The minimum absolute atomic E-state index is 0.274. The van der Waals surface area contributed by atoms with Crippen LogP contribution in [0.25, 0.3) is 5.57 Å². The number of hydrogen-bond acceptors (Lipinski definition) is 3. The number of nitriles is 1. The molecule has 0 bridgehead atoms. The molecule has 124 valence electrons. The summed E-state index contributed by atoms with van der Waals surface area (Å²) in [5.74, 6) is 1.42. The smallest absolute Gasteiger partial charge is 0.119 e. The van der Waals surface area contributed by atoms with E-state index in [0.717, 1.165) is 29.7 Å². The Morgan fingerprint density at radius 3 is 2.64 bits per heavy atom. The number of hydrogen-bond donors (Lipinski definition) is 1. The van der Waals surface area contributed by atoms with Gasteiger partial charge in [-0.05, 0) is 65.5 Å². The third-order valence-corrected chi connectivity index (χ3v) is 5.52. The number of fused-ring (bicyclic) bond motifs is 3. The fourth-order valence-corrected chi connectivity index (χ4v) is 4.35. The summed E-state index contributed by atoms with van der Waals surface area (Å²) in [6.45, 7) is 0. The van der Waals surface area contributed by atoms with E-state index in [4.69, 9.17) is 10.1 Å². The van der Waals surface area contributed by atoms with Crippen LogP contribution in [0.15, 0.2) is 54.1 Å². The lowest BCUT2D eigenvalue weighted by atomic mass is 9.64. The summed E-state index contributed by atoms with van der Waals surface area (Å²) in [5.41, 5.74) is 5.72. The van der Waals surface area contributed by atoms with Gasteiger partial charge in [0.1, 0.15) is 11.8 Å². The number of nitrogens with one attached hydrogen (secondary N) is 1. The highest BCUT2D eigenvalue weighted by Gasteiger charge is 2.38. The Morgan fingerprint density at radius 1 is 1.12 bits per heavy atom. The molecule has 4 rings (SSSR count).